The van der Waals surface area contributed by atoms with Gasteiger partial charge in [0.15, 0.2) is 0 Å². The van der Waals surface area contributed by atoms with E-state index >= 15 is 0 Å². The summed E-state index contributed by atoms with van der Waals surface area (Å²) in [7, 11) is 1.50. The van der Waals surface area contributed by atoms with Crippen LogP contribution in [0.1, 0.15) is 15.9 Å². The Morgan fingerprint density at radius 3 is 2.56 bits per heavy atom. The molecule has 1 atom stereocenters. The van der Waals surface area contributed by atoms with Crippen molar-refractivity contribution in [1.29, 1.82) is 0 Å². The number of carbonyl (C=O) groups excluding carboxylic acids is 2. The fourth-order valence-corrected chi connectivity index (χ4v) is 3.13. The van der Waals surface area contributed by atoms with E-state index in [-0.39, 0.29) is 12.3 Å². The van der Waals surface area contributed by atoms with E-state index in [1.54, 1.807) is 47.2 Å². The van der Waals surface area contributed by atoms with Gasteiger partial charge < -0.3 is 9.29 Å². The molecule has 2 aromatic carbocycles. The van der Waals surface area contributed by atoms with Crippen LogP contribution in [0.25, 0.3) is 10.9 Å². The van der Waals surface area contributed by atoms with Gasteiger partial charge in [-0.2, -0.15) is 0 Å². The molecular formula is C18H14ClN2O5S-. The summed E-state index contributed by atoms with van der Waals surface area (Å²) < 4.78 is 29.8. The van der Waals surface area contributed by atoms with Crippen LogP contribution >= 0.6 is 11.6 Å². The van der Waals surface area contributed by atoms with E-state index in [0.29, 0.717) is 32.8 Å². The molecule has 0 spiro atoms. The maximum absolute atomic E-state index is 12.9. The fraction of sp³-hybridized carbons (Fsp3) is 0.111. The second kappa shape index (κ2) is 7.91. The van der Waals surface area contributed by atoms with Crippen molar-refractivity contribution in [2.45, 2.75) is 6.42 Å². The van der Waals surface area contributed by atoms with Crippen molar-refractivity contribution < 1.29 is 23.1 Å². The summed E-state index contributed by atoms with van der Waals surface area (Å²) in [5.74, 6) is -0.460. The van der Waals surface area contributed by atoms with E-state index in [2.05, 4.69) is 0 Å². The molecule has 3 aromatic rings. The van der Waals surface area contributed by atoms with Gasteiger partial charge in [-0.1, -0.05) is 11.6 Å². The van der Waals surface area contributed by atoms with E-state index < -0.39 is 17.2 Å². The van der Waals surface area contributed by atoms with Crippen LogP contribution in [-0.2, 0) is 22.5 Å². The van der Waals surface area contributed by atoms with Crippen molar-refractivity contribution in [3.8, 4) is 5.75 Å². The van der Waals surface area contributed by atoms with Crippen molar-refractivity contribution in [3.05, 3.63) is 64.8 Å². The van der Waals surface area contributed by atoms with Crippen LogP contribution in [0.3, 0.4) is 0 Å². The third-order valence-corrected chi connectivity index (χ3v) is 4.60. The topological polar surface area (TPSA) is 100 Å². The average molecular weight is 406 g/mol. The molecule has 0 bridgehead atoms. The number of benzene rings is 2. The zero-order valence-electron chi connectivity index (χ0n) is 14.1. The summed E-state index contributed by atoms with van der Waals surface area (Å²) in [5, 5.41) is 1.13. The number of nitrogens with one attached hydrogen (secondary N) is 1. The number of aromatic nitrogens is 1. The largest absolute Gasteiger partial charge is 0.755 e. The highest BCUT2D eigenvalue weighted by molar-refractivity contribution is 7.77. The molecule has 9 heteroatoms. The molecule has 1 N–H and O–H groups in total. The molecule has 1 amide bonds. The van der Waals surface area contributed by atoms with Gasteiger partial charge in [-0.25, -0.2) is 0 Å². The van der Waals surface area contributed by atoms with Crippen LogP contribution < -0.4 is 9.46 Å². The van der Waals surface area contributed by atoms with Gasteiger partial charge >= 0.3 is 0 Å². The zero-order valence-corrected chi connectivity index (χ0v) is 15.7. The minimum absolute atomic E-state index is 0.210. The number of methoxy groups -OCH3 is 1. The van der Waals surface area contributed by atoms with Crippen LogP contribution in [-0.4, -0.2) is 32.3 Å². The Hall–Kier alpha value is -2.68. The molecule has 1 unspecified atom stereocenters. The second-order valence-corrected chi connectivity index (χ2v) is 6.77. The van der Waals surface area contributed by atoms with Crippen LogP contribution in [0.15, 0.2) is 48.7 Å². The Morgan fingerprint density at radius 1 is 1.22 bits per heavy atom. The molecule has 0 fully saturated rings. The number of hydrogen-bond acceptors (Lipinski definition) is 5. The number of hydrogen-bond donors (Lipinski definition) is 1. The number of rotatable bonds is 5. The number of nitrogens with zero attached hydrogens (tertiary/aromatic N) is 1. The molecule has 0 radical (unpaired) electrons. The molecule has 0 aliphatic rings. The fourth-order valence-electron chi connectivity index (χ4n) is 2.75. The molecule has 1 heterocycles. The zero-order chi connectivity index (χ0) is 19.6. The number of amides is 1. The predicted molar refractivity (Wildman–Crippen MR) is 100 cm³/mol. The first kappa shape index (κ1) is 19.1. The molecule has 7 nitrogen and oxygen atoms in total. The van der Waals surface area contributed by atoms with Gasteiger partial charge in [0, 0.05) is 33.4 Å². The van der Waals surface area contributed by atoms with Crippen molar-refractivity contribution >= 4 is 45.6 Å². The Bertz CT molecular complexity index is 1050. The van der Waals surface area contributed by atoms with Gasteiger partial charge in [0.25, 0.3) is 5.91 Å². The molecule has 0 aliphatic heterocycles. The molecule has 3 rings (SSSR count). The van der Waals surface area contributed by atoms with Gasteiger partial charge in [0.1, 0.15) is 5.75 Å². The van der Waals surface area contributed by atoms with Crippen molar-refractivity contribution in [3.63, 3.8) is 0 Å². The number of ether oxygens (including phenoxy) is 1. The maximum Gasteiger partial charge on any atom is 0.262 e. The van der Waals surface area contributed by atoms with Crippen LogP contribution in [0.4, 0.5) is 0 Å². The molecular weight excluding hydrogens is 392 g/mol. The third-order valence-electron chi connectivity index (χ3n) is 3.95. The van der Waals surface area contributed by atoms with Gasteiger partial charge in [0.2, 0.25) is 5.91 Å². The summed E-state index contributed by atoms with van der Waals surface area (Å²) in [5.41, 5.74) is 1.49. The normalized spacial score (nSPS) is 12.0. The first-order valence-corrected chi connectivity index (χ1v) is 9.21. The highest BCUT2D eigenvalue weighted by Gasteiger charge is 2.18. The summed E-state index contributed by atoms with van der Waals surface area (Å²) >= 11 is 3.16. The highest BCUT2D eigenvalue weighted by Crippen LogP contribution is 2.27. The number of carbonyl (C=O) groups is 2. The van der Waals surface area contributed by atoms with Gasteiger partial charge in [0.05, 0.1) is 19.0 Å². The van der Waals surface area contributed by atoms with E-state index in [0.717, 1.165) is 0 Å². The highest BCUT2D eigenvalue weighted by atomic mass is 35.5. The van der Waals surface area contributed by atoms with E-state index in [1.165, 1.54) is 17.9 Å². The predicted octanol–water partition coefficient (Wildman–Crippen LogP) is 2.44. The first-order chi connectivity index (χ1) is 12.9. The van der Waals surface area contributed by atoms with E-state index in [1.807, 2.05) is 0 Å². The van der Waals surface area contributed by atoms with Gasteiger partial charge in [-0.05, 0) is 48.0 Å². The molecule has 140 valence electrons. The van der Waals surface area contributed by atoms with Crippen LogP contribution in [0, 0.1) is 0 Å². The average Bonchev–Trinajstić information content (AvgIpc) is 2.98. The summed E-state index contributed by atoms with van der Waals surface area (Å²) in [6.45, 7) is 0. The second-order valence-electron chi connectivity index (χ2n) is 5.66. The molecule has 1 aromatic heterocycles. The smallest absolute Gasteiger partial charge is 0.262 e. The lowest BCUT2D eigenvalue weighted by molar-refractivity contribution is -0.118. The lowest BCUT2D eigenvalue weighted by Gasteiger charge is -2.06. The first-order valence-electron chi connectivity index (χ1n) is 7.76. The van der Waals surface area contributed by atoms with E-state index in [4.69, 9.17) is 16.3 Å². The lowest BCUT2D eigenvalue weighted by atomic mass is 10.1. The number of halogens is 1. The molecule has 0 saturated carbocycles. The van der Waals surface area contributed by atoms with Crippen molar-refractivity contribution in [2.24, 2.45) is 0 Å². The standard InChI is InChI=1S/C18H15ClN2O5S/c1-26-14-6-7-16-15(9-14)12(8-17(22)20-27(24)25)10-21(16)18(23)11-2-4-13(19)5-3-11/h2-7,9-10H,8H2,1H3,(H,20,22)(H,24,25)/p-1. The maximum atomic E-state index is 12.9. The Balaban J connectivity index is 2.07. The van der Waals surface area contributed by atoms with Crippen molar-refractivity contribution in [2.75, 3.05) is 7.11 Å². The molecule has 0 saturated heterocycles. The summed E-state index contributed by atoms with van der Waals surface area (Å²) in [6, 6.07) is 11.5. The third kappa shape index (κ3) is 4.19. The Kier molecular flexibility index (Phi) is 5.59. The Labute approximate surface area is 162 Å². The molecule has 27 heavy (non-hydrogen) atoms. The minimum atomic E-state index is -2.70. The van der Waals surface area contributed by atoms with E-state index in [9.17, 15) is 18.4 Å². The van der Waals surface area contributed by atoms with Gasteiger partial charge in [-0.15, -0.1) is 0 Å². The molecule has 0 aliphatic carbocycles. The Morgan fingerprint density at radius 2 is 1.93 bits per heavy atom. The van der Waals surface area contributed by atoms with Crippen LogP contribution in [0.5, 0.6) is 5.75 Å². The minimum Gasteiger partial charge on any atom is -0.755 e. The van der Waals surface area contributed by atoms with Crippen molar-refractivity contribution in [1.82, 2.24) is 9.29 Å². The summed E-state index contributed by atoms with van der Waals surface area (Å²) in [6.07, 6.45) is 1.31. The number of fused-ring (bicyclic) bond motifs is 1. The lowest BCUT2D eigenvalue weighted by Crippen LogP contribution is -2.26. The quantitative estimate of drug-likeness (QED) is 0.657. The SMILES string of the molecule is COc1ccc2c(c1)c(CC(=O)NS(=O)[O-])cn2C(=O)c1ccc(Cl)cc1. The monoisotopic (exact) mass is 405 g/mol. The van der Waals surface area contributed by atoms with Gasteiger partial charge in [-0.3, -0.25) is 23.1 Å². The summed E-state index contributed by atoms with van der Waals surface area (Å²) in [4.78, 5) is 24.8. The van der Waals surface area contributed by atoms with Crippen LogP contribution in [0.2, 0.25) is 5.02 Å².